The maximum Gasteiger partial charge on any atom is 0.315 e. The molecule has 1 aromatic carbocycles. The van der Waals surface area contributed by atoms with Crippen molar-refractivity contribution < 1.29 is 14.3 Å². The van der Waals surface area contributed by atoms with Gasteiger partial charge < -0.3 is 20.1 Å². The molecule has 0 saturated carbocycles. The first kappa shape index (κ1) is 9.33. The summed E-state index contributed by atoms with van der Waals surface area (Å²) in [5.41, 5.74) is 1.03. The van der Waals surface area contributed by atoms with Gasteiger partial charge in [-0.25, -0.2) is 4.79 Å². The number of amides is 2. The van der Waals surface area contributed by atoms with E-state index in [4.69, 9.17) is 9.47 Å². The van der Waals surface area contributed by atoms with Crippen LogP contribution in [0.15, 0.2) is 18.2 Å². The Hall–Kier alpha value is -1.91. The highest BCUT2D eigenvalue weighted by Crippen LogP contribution is 2.32. The molecule has 0 radical (unpaired) electrons. The molecule has 0 aromatic heterocycles. The van der Waals surface area contributed by atoms with E-state index in [-0.39, 0.29) is 12.1 Å². The molecule has 2 N–H and O–H groups in total. The summed E-state index contributed by atoms with van der Waals surface area (Å²) in [4.78, 5) is 11.0. The Labute approximate surface area is 92.7 Å². The molecule has 0 bridgehead atoms. The Morgan fingerprint density at radius 1 is 1.19 bits per heavy atom. The van der Waals surface area contributed by atoms with Crippen molar-refractivity contribution >= 4 is 6.03 Å². The average Bonchev–Trinajstić information content (AvgIpc) is 2.75. The van der Waals surface area contributed by atoms with E-state index in [0.29, 0.717) is 19.8 Å². The highest BCUT2D eigenvalue weighted by atomic mass is 16.6. The van der Waals surface area contributed by atoms with Gasteiger partial charge in [0.25, 0.3) is 0 Å². The van der Waals surface area contributed by atoms with Gasteiger partial charge in [0.2, 0.25) is 0 Å². The van der Waals surface area contributed by atoms with Gasteiger partial charge in [-0.2, -0.15) is 0 Å². The van der Waals surface area contributed by atoms with Crippen molar-refractivity contribution in [2.24, 2.45) is 0 Å². The summed E-state index contributed by atoms with van der Waals surface area (Å²) in [7, 11) is 0. The summed E-state index contributed by atoms with van der Waals surface area (Å²) >= 11 is 0. The molecule has 3 rings (SSSR count). The predicted molar refractivity (Wildman–Crippen MR) is 56.7 cm³/mol. The van der Waals surface area contributed by atoms with Crippen molar-refractivity contribution in [2.45, 2.75) is 6.04 Å². The van der Waals surface area contributed by atoms with Gasteiger partial charge in [0.15, 0.2) is 11.5 Å². The lowest BCUT2D eigenvalue weighted by atomic mass is 10.1. The number of nitrogens with one attached hydrogen (secondary N) is 2. The minimum Gasteiger partial charge on any atom is -0.486 e. The fourth-order valence-electron chi connectivity index (χ4n) is 1.93. The lowest BCUT2D eigenvalue weighted by molar-refractivity contribution is 0.171. The van der Waals surface area contributed by atoms with E-state index in [2.05, 4.69) is 10.6 Å². The maximum atomic E-state index is 11.0. The first-order valence-corrected chi connectivity index (χ1v) is 5.27. The molecule has 16 heavy (non-hydrogen) atoms. The summed E-state index contributed by atoms with van der Waals surface area (Å²) < 4.78 is 10.9. The molecule has 0 aliphatic carbocycles. The summed E-state index contributed by atoms with van der Waals surface area (Å²) in [5.74, 6) is 1.53. The van der Waals surface area contributed by atoms with Gasteiger partial charge >= 0.3 is 6.03 Å². The van der Waals surface area contributed by atoms with Crippen LogP contribution in [-0.4, -0.2) is 25.8 Å². The predicted octanol–water partition coefficient (Wildman–Crippen LogP) is 0.812. The topological polar surface area (TPSA) is 59.6 Å². The van der Waals surface area contributed by atoms with Crippen LogP contribution in [0.2, 0.25) is 0 Å². The van der Waals surface area contributed by atoms with Crippen molar-refractivity contribution in [1.82, 2.24) is 10.6 Å². The first-order chi connectivity index (χ1) is 7.83. The van der Waals surface area contributed by atoms with Gasteiger partial charge in [0, 0.05) is 6.54 Å². The van der Waals surface area contributed by atoms with Crippen LogP contribution in [0.5, 0.6) is 11.5 Å². The third-order valence-electron chi connectivity index (χ3n) is 2.74. The Morgan fingerprint density at radius 2 is 2.00 bits per heavy atom. The molecule has 1 saturated heterocycles. The second kappa shape index (κ2) is 3.59. The number of hydrogen-bond acceptors (Lipinski definition) is 3. The molecule has 84 valence electrons. The van der Waals surface area contributed by atoms with Gasteiger partial charge in [-0.3, -0.25) is 0 Å². The molecule has 1 fully saturated rings. The van der Waals surface area contributed by atoms with Gasteiger partial charge in [-0.05, 0) is 17.7 Å². The fourth-order valence-corrected chi connectivity index (χ4v) is 1.93. The second-order valence-corrected chi connectivity index (χ2v) is 3.81. The molecule has 1 aromatic rings. The van der Waals surface area contributed by atoms with Crippen molar-refractivity contribution in [3.05, 3.63) is 23.8 Å². The molecular weight excluding hydrogens is 208 g/mol. The lowest BCUT2D eigenvalue weighted by Crippen LogP contribution is -2.22. The maximum absolute atomic E-state index is 11.0. The van der Waals surface area contributed by atoms with E-state index >= 15 is 0 Å². The van der Waals surface area contributed by atoms with Crippen LogP contribution in [0.25, 0.3) is 0 Å². The number of benzene rings is 1. The van der Waals surface area contributed by atoms with E-state index in [9.17, 15) is 4.79 Å². The summed E-state index contributed by atoms with van der Waals surface area (Å²) in [6, 6.07) is 5.65. The number of ether oxygens (including phenoxy) is 2. The molecule has 5 heteroatoms. The Kier molecular flexibility index (Phi) is 2.09. The van der Waals surface area contributed by atoms with Crippen LogP contribution >= 0.6 is 0 Å². The normalized spacial score (nSPS) is 22.5. The zero-order valence-corrected chi connectivity index (χ0v) is 8.66. The Morgan fingerprint density at radius 3 is 2.75 bits per heavy atom. The summed E-state index contributed by atoms with van der Waals surface area (Å²) in [6.07, 6.45) is 0. The van der Waals surface area contributed by atoms with Crippen molar-refractivity contribution in [3.63, 3.8) is 0 Å². The Balaban J connectivity index is 1.88. The van der Waals surface area contributed by atoms with Gasteiger partial charge in [0.1, 0.15) is 13.2 Å². The van der Waals surface area contributed by atoms with Crippen LogP contribution in [0, 0.1) is 0 Å². The smallest absolute Gasteiger partial charge is 0.315 e. The minimum atomic E-state index is -0.125. The highest BCUT2D eigenvalue weighted by Gasteiger charge is 2.23. The number of rotatable bonds is 1. The number of hydrogen-bond donors (Lipinski definition) is 2. The summed E-state index contributed by atoms with van der Waals surface area (Å²) in [6.45, 7) is 1.78. The number of urea groups is 1. The monoisotopic (exact) mass is 220 g/mol. The van der Waals surface area contributed by atoms with Gasteiger partial charge in [0.05, 0.1) is 6.04 Å². The third kappa shape index (κ3) is 1.54. The quantitative estimate of drug-likeness (QED) is 0.736. The Bertz CT molecular complexity index is 433. The minimum absolute atomic E-state index is 0.0170. The zero-order valence-electron chi connectivity index (χ0n) is 8.66. The van der Waals surface area contributed by atoms with E-state index in [1.165, 1.54) is 0 Å². The molecule has 0 unspecified atom stereocenters. The molecule has 1 atom stereocenters. The van der Waals surface area contributed by atoms with Crippen LogP contribution in [0.1, 0.15) is 11.6 Å². The van der Waals surface area contributed by atoms with E-state index < -0.39 is 0 Å². The van der Waals surface area contributed by atoms with Crippen molar-refractivity contribution in [1.29, 1.82) is 0 Å². The van der Waals surface area contributed by atoms with E-state index in [0.717, 1.165) is 17.1 Å². The van der Waals surface area contributed by atoms with Crippen LogP contribution in [0.3, 0.4) is 0 Å². The fraction of sp³-hybridized carbons (Fsp3) is 0.364. The average molecular weight is 220 g/mol. The van der Waals surface area contributed by atoms with E-state index in [1.807, 2.05) is 18.2 Å². The van der Waals surface area contributed by atoms with Gasteiger partial charge in [-0.15, -0.1) is 0 Å². The largest absolute Gasteiger partial charge is 0.486 e. The van der Waals surface area contributed by atoms with E-state index in [1.54, 1.807) is 0 Å². The second-order valence-electron chi connectivity index (χ2n) is 3.81. The number of carbonyl (C=O) groups is 1. The highest BCUT2D eigenvalue weighted by molar-refractivity contribution is 5.77. The number of carbonyl (C=O) groups excluding carboxylic acids is 1. The molecule has 2 aliphatic heterocycles. The van der Waals surface area contributed by atoms with Crippen LogP contribution in [-0.2, 0) is 0 Å². The number of fused-ring (bicyclic) bond motifs is 1. The van der Waals surface area contributed by atoms with Crippen molar-refractivity contribution in [2.75, 3.05) is 19.8 Å². The van der Waals surface area contributed by atoms with Gasteiger partial charge in [-0.1, -0.05) is 6.07 Å². The van der Waals surface area contributed by atoms with Crippen LogP contribution in [0.4, 0.5) is 4.79 Å². The standard InChI is InChI=1S/C11H12N2O3/c14-11-12-6-8(13-11)7-1-2-9-10(5-7)16-4-3-15-9/h1-2,5,8H,3-4,6H2,(H2,12,13,14)/t8-/m0/s1. The molecule has 0 spiro atoms. The molecule has 5 nitrogen and oxygen atoms in total. The van der Waals surface area contributed by atoms with Crippen molar-refractivity contribution in [3.8, 4) is 11.5 Å². The van der Waals surface area contributed by atoms with Crippen LogP contribution < -0.4 is 20.1 Å². The first-order valence-electron chi connectivity index (χ1n) is 5.27. The summed E-state index contributed by atoms with van der Waals surface area (Å²) in [5, 5.41) is 5.56. The molecule has 2 aliphatic rings. The third-order valence-corrected chi connectivity index (χ3v) is 2.74. The zero-order chi connectivity index (χ0) is 11.0. The molecule has 2 amide bonds. The molecular formula is C11H12N2O3. The SMILES string of the molecule is O=C1NC[C@@H](c2ccc3c(c2)OCCO3)N1. The molecule has 2 heterocycles. The lowest BCUT2D eigenvalue weighted by Gasteiger charge is -2.20.